The maximum atomic E-state index is 12.2. The third kappa shape index (κ3) is 2.90. The standard InChI is InChI=1S/C14H12N2O3S/c1-10-5-6-11(9-15)7-14(10)16-20(18,19)13-4-2-3-12(17)8-13/h2-8,16-17H,1H3. The molecule has 0 aliphatic carbocycles. The number of nitrogens with one attached hydrogen (secondary N) is 1. The Morgan fingerprint density at radius 1 is 1.20 bits per heavy atom. The Kier molecular flexibility index (Phi) is 3.63. The second-order valence-corrected chi connectivity index (χ2v) is 5.93. The van der Waals surface area contributed by atoms with Crippen LogP contribution in [0.4, 0.5) is 5.69 Å². The van der Waals surface area contributed by atoms with Crippen molar-refractivity contribution in [3.63, 3.8) is 0 Å². The predicted octanol–water partition coefficient (Wildman–Crippen LogP) is 2.37. The lowest BCUT2D eigenvalue weighted by molar-refractivity contribution is 0.473. The highest BCUT2D eigenvalue weighted by atomic mass is 32.2. The highest BCUT2D eigenvalue weighted by Gasteiger charge is 2.16. The second-order valence-electron chi connectivity index (χ2n) is 4.24. The van der Waals surface area contributed by atoms with Gasteiger partial charge in [-0.1, -0.05) is 12.1 Å². The van der Waals surface area contributed by atoms with E-state index in [1.165, 1.54) is 24.3 Å². The smallest absolute Gasteiger partial charge is 0.262 e. The van der Waals surface area contributed by atoms with Crippen molar-refractivity contribution in [2.75, 3.05) is 4.72 Å². The number of benzene rings is 2. The van der Waals surface area contributed by atoms with Crippen LogP contribution in [-0.2, 0) is 10.0 Å². The maximum Gasteiger partial charge on any atom is 0.262 e. The van der Waals surface area contributed by atoms with E-state index in [-0.39, 0.29) is 10.6 Å². The van der Waals surface area contributed by atoms with Crippen LogP contribution in [0.1, 0.15) is 11.1 Å². The zero-order chi connectivity index (χ0) is 14.8. The summed E-state index contributed by atoms with van der Waals surface area (Å²) in [7, 11) is -3.80. The van der Waals surface area contributed by atoms with Crippen molar-refractivity contribution in [2.45, 2.75) is 11.8 Å². The monoisotopic (exact) mass is 288 g/mol. The highest BCUT2D eigenvalue weighted by Crippen LogP contribution is 2.22. The van der Waals surface area contributed by atoms with Gasteiger partial charge < -0.3 is 5.11 Å². The summed E-state index contributed by atoms with van der Waals surface area (Å²) < 4.78 is 26.8. The van der Waals surface area contributed by atoms with Gasteiger partial charge >= 0.3 is 0 Å². The summed E-state index contributed by atoms with van der Waals surface area (Å²) in [5.74, 6) is -0.129. The van der Waals surface area contributed by atoms with Gasteiger partial charge in [0.25, 0.3) is 10.0 Å². The van der Waals surface area contributed by atoms with Gasteiger partial charge in [0, 0.05) is 6.07 Å². The van der Waals surface area contributed by atoms with Crippen LogP contribution in [0.5, 0.6) is 5.75 Å². The molecule has 20 heavy (non-hydrogen) atoms. The highest BCUT2D eigenvalue weighted by molar-refractivity contribution is 7.92. The minimum absolute atomic E-state index is 0.0424. The predicted molar refractivity (Wildman–Crippen MR) is 74.8 cm³/mol. The summed E-state index contributed by atoms with van der Waals surface area (Å²) in [6.45, 7) is 1.74. The fourth-order valence-corrected chi connectivity index (χ4v) is 2.82. The van der Waals surface area contributed by atoms with Crippen LogP contribution in [0.25, 0.3) is 0 Å². The first-order valence-electron chi connectivity index (χ1n) is 5.75. The molecule has 0 spiro atoms. The van der Waals surface area contributed by atoms with E-state index < -0.39 is 10.0 Å². The summed E-state index contributed by atoms with van der Waals surface area (Å²) in [5, 5.41) is 18.2. The van der Waals surface area contributed by atoms with Gasteiger partial charge in [-0.25, -0.2) is 8.42 Å². The fourth-order valence-electron chi connectivity index (χ4n) is 1.66. The first kappa shape index (κ1) is 13.9. The molecule has 0 unspecified atom stereocenters. The normalized spacial score (nSPS) is 10.8. The zero-order valence-corrected chi connectivity index (χ0v) is 11.5. The number of sulfonamides is 1. The average Bonchev–Trinajstić information content (AvgIpc) is 2.41. The molecule has 2 aromatic carbocycles. The second kappa shape index (κ2) is 5.23. The summed E-state index contributed by atoms with van der Waals surface area (Å²) in [6.07, 6.45) is 0. The van der Waals surface area contributed by atoms with Crippen LogP contribution in [-0.4, -0.2) is 13.5 Å². The zero-order valence-electron chi connectivity index (χ0n) is 10.7. The molecule has 0 amide bonds. The minimum atomic E-state index is -3.80. The Morgan fingerprint density at radius 3 is 2.60 bits per heavy atom. The first-order chi connectivity index (χ1) is 9.42. The molecule has 0 heterocycles. The SMILES string of the molecule is Cc1ccc(C#N)cc1NS(=O)(=O)c1cccc(O)c1. The maximum absolute atomic E-state index is 12.2. The van der Waals surface area contributed by atoms with Gasteiger partial charge in [0.15, 0.2) is 0 Å². The Hall–Kier alpha value is -2.52. The molecule has 0 radical (unpaired) electrons. The van der Waals surface area contributed by atoms with Crippen LogP contribution >= 0.6 is 0 Å². The molecule has 2 rings (SSSR count). The van der Waals surface area contributed by atoms with Crippen LogP contribution in [0.15, 0.2) is 47.4 Å². The van der Waals surface area contributed by atoms with E-state index in [0.29, 0.717) is 16.8 Å². The van der Waals surface area contributed by atoms with E-state index in [1.54, 1.807) is 19.1 Å². The molecule has 0 saturated heterocycles. The van der Waals surface area contributed by atoms with Gasteiger partial charge in [-0.05, 0) is 36.8 Å². The number of phenolic OH excluding ortho intramolecular Hbond substituents is 1. The molecule has 6 heteroatoms. The quantitative estimate of drug-likeness (QED) is 0.907. The van der Waals surface area contributed by atoms with E-state index in [4.69, 9.17) is 5.26 Å². The molecule has 2 aromatic rings. The van der Waals surface area contributed by atoms with Crippen molar-refractivity contribution in [3.05, 3.63) is 53.6 Å². The molecule has 0 bridgehead atoms. The third-order valence-electron chi connectivity index (χ3n) is 2.74. The van der Waals surface area contributed by atoms with Gasteiger partial charge in [0.05, 0.1) is 22.2 Å². The lowest BCUT2D eigenvalue weighted by atomic mass is 10.1. The first-order valence-corrected chi connectivity index (χ1v) is 7.23. The van der Waals surface area contributed by atoms with E-state index in [1.807, 2.05) is 6.07 Å². The molecular formula is C14H12N2O3S. The number of hydrogen-bond donors (Lipinski definition) is 2. The number of nitrogens with zero attached hydrogens (tertiary/aromatic N) is 1. The van der Waals surface area contributed by atoms with Crippen LogP contribution in [0.3, 0.4) is 0 Å². The molecule has 2 N–H and O–H groups in total. The van der Waals surface area contributed by atoms with Gasteiger partial charge in [-0.15, -0.1) is 0 Å². The lowest BCUT2D eigenvalue weighted by Crippen LogP contribution is -2.13. The van der Waals surface area contributed by atoms with E-state index in [2.05, 4.69) is 4.72 Å². The molecule has 0 fully saturated rings. The summed E-state index contributed by atoms with van der Waals surface area (Å²) in [6, 6.07) is 12.1. The Morgan fingerprint density at radius 2 is 1.95 bits per heavy atom. The molecule has 5 nitrogen and oxygen atoms in total. The molecular weight excluding hydrogens is 276 g/mol. The van der Waals surface area contributed by atoms with Crippen molar-refractivity contribution in [2.24, 2.45) is 0 Å². The van der Waals surface area contributed by atoms with Gasteiger partial charge in [-0.3, -0.25) is 4.72 Å². The summed E-state index contributed by atoms with van der Waals surface area (Å²) in [4.78, 5) is -0.0424. The summed E-state index contributed by atoms with van der Waals surface area (Å²) >= 11 is 0. The number of phenols is 1. The van der Waals surface area contributed by atoms with E-state index in [9.17, 15) is 13.5 Å². The number of hydrogen-bond acceptors (Lipinski definition) is 4. The van der Waals surface area contributed by atoms with Gasteiger partial charge in [0.2, 0.25) is 0 Å². The number of anilines is 1. The van der Waals surface area contributed by atoms with Crippen molar-refractivity contribution < 1.29 is 13.5 Å². The van der Waals surface area contributed by atoms with Crippen LogP contribution in [0.2, 0.25) is 0 Å². The van der Waals surface area contributed by atoms with Crippen LogP contribution in [0, 0.1) is 18.3 Å². The molecule has 102 valence electrons. The van der Waals surface area contributed by atoms with Crippen molar-refractivity contribution in [1.82, 2.24) is 0 Å². The number of nitriles is 1. The van der Waals surface area contributed by atoms with E-state index in [0.717, 1.165) is 6.07 Å². The van der Waals surface area contributed by atoms with Crippen molar-refractivity contribution in [1.29, 1.82) is 5.26 Å². The molecule has 0 atom stereocenters. The summed E-state index contributed by atoms with van der Waals surface area (Å²) in [5.41, 5.74) is 1.41. The molecule has 0 aliphatic rings. The number of aromatic hydroxyl groups is 1. The number of aryl methyl sites for hydroxylation is 1. The lowest BCUT2D eigenvalue weighted by Gasteiger charge is -2.11. The van der Waals surface area contributed by atoms with Crippen molar-refractivity contribution >= 4 is 15.7 Å². The largest absolute Gasteiger partial charge is 0.508 e. The molecule has 0 saturated carbocycles. The van der Waals surface area contributed by atoms with Crippen molar-refractivity contribution in [3.8, 4) is 11.8 Å². The van der Waals surface area contributed by atoms with Crippen LogP contribution < -0.4 is 4.72 Å². The topological polar surface area (TPSA) is 90.2 Å². The minimum Gasteiger partial charge on any atom is -0.508 e. The Bertz CT molecular complexity index is 792. The fraction of sp³-hybridized carbons (Fsp3) is 0.0714. The Balaban J connectivity index is 2.41. The van der Waals surface area contributed by atoms with Gasteiger partial charge in [-0.2, -0.15) is 5.26 Å². The molecule has 0 aromatic heterocycles. The van der Waals surface area contributed by atoms with E-state index >= 15 is 0 Å². The molecule has 0 aliphatic heterocycles. The van der Waals surface area contributed by atoms with Gasteiger partial charge in [0.1, 0.15) is 5.75 Å². The Labute approximate surface area is 117 Å². The average molecular weight is 288 g/mol. The number of rotatable bonds is 3. The third-order valence-corrected chi connectivity index (χ3v) is 4.10.